The van der Waals surface area contributed by atoms with Crippen LogP contribution in [0.25, 0.3) is 0 Å². The molecule has 4 N–H and O–H groups in total. The van der Waals surface area contributed by atoms with E-state index in [0.717, 1.165) is 11.8 Å². The topological polar surface area (TPSA) is 140 Å². The van der Waals surface area contributed by atoms with Gasteiger partial charge < -0.3 is 24.7 Å². The van der Waals surface area contributed by atoms with Gasteiger partial charge in [-0.2, -0.15) is 0 Å². The van der Waals surface area contributed by atoms with Gasteiger partial charge in [-0.3, -0.25) is 20.1 Å². The highest BCUT2D eigenvalue weighted by Crippen LogP contribution is 2.19. The lowest BCUT2D eigenvalue weighted by molar-refractivity contribution is -0.160. The molecular weight excluding hydrogens is 472 g/mol. The van der Waals surface area contributed by atoms with E-state index in [1.165, 1.54) is 6.08 Å². The van der Waals surface area contributed by atoms with Gasteiger partial charge in [0.05, 0.1) is 31.7 Å². The third kappa shape index (κ3) is 17.4. The summed E-state index contributed by atoms with van der Waals surface area (Å²) in [5.74, 6) is -0.762. The predicted molar refractivity (Wildman–Crippen MR) is 138 cm³/mol. The summed E-state index contributed by atoms with van der Waals surface area (Å²) >= 11 is 0.967. The first-order valence-corrected chi connectivity index (χ1v) is 12.6. The van der Waals surface area contributed by atoms with Crippen LogP contribution in [0, 0.1) is 0 Å². The van der Waals surface area contributed by atoms with Crippen molar-refractivity contribution in [3.8, 4) is 0 Å². The lowest BCUT2D eigenvalue weighted by atomic mass is 10.1. The molecule has 0 amide bonds. The lowest BCUT2D eigenvalue weighted by Crippen LogP contribution is -2.43. The summed E-state index contributed by atoms with van der Waals surface area (Å²) in [6.07, 6.45) is 3.89. The molecule has 0 radical (unpaired) electrons. The van der Waals surface area contributed by atoms with E-state index >= 15 is 0 Å². The van der Waals surface area contributed by atoms with Crippen LogP contribution in [0.2, 0.25) is 0 Å². The average molecular weight is 517 g/mol. The number of rotatable bonds is 18. The molecule has 0 saturated heterocycles. The molecule has 0 heterocycles. The van der Waals surface area contributed by atoms with Crippen LogP contribution in [0.15, 0.2) is 25.3 Å². The zero-order valence-corrected chi connectivity index (χ0v) is 23.0. The average Bonchev–Trinajstić information content (AvgIpc) is 2.70. The van der Waals surface area contributed by atoms with Crippen LogP contribution in [-0.4, -0.2) is 58.7 Å². The quantitative estimate of drug-likeness (QED) is 0.158. The molecular formula is C25H44N2O7S. The third-order valence-electron chi connectivity index (χ3n) is 4.93. The summed E-state index contributed by atoms with van der Waals surface area (Å²) < 4.78 is 21.8. The maximum Gasteiger partial charge on any atom is 0.308 e. The molecule has 0 aromatic rings. The van der Waals surface area contributed by atoms with Crippen LogP contribution >= 0.6 is 11.8 Å². The maximum atomic E-state index is 12.1. The van der Waals surface area contributed by atoms with Gasteiger partial charge in [0.1, 0.15) is 11.3 Å². The Morgan fingerprint density at radius 1 is 0.800 bits per heavy atom. The molecule has 2 unspecified atom stereocenters. The lowest BCUT2D eigenvalue weighted by Gasteiger charge is -2.28. The first-order chi connectivity index (χ1) is 15.9. The standard InChI is InChI=1S/C25H44N2O7S/c1-9-22(3,4)31-17-15-25(8,27)34-20(29)13-18-35-21(30)12-11-19(28)33-23(5,6)14-16-32-24(7,26)10-2/h9-10H,1-2,11-18,26-27H2,3-8H3. The van der Waals surface area contributed by atoms with Crippen LogP contribution in [-0.2, 0) is 33.3 Å². The number of hydrogen-bond acceptors (Lipinski definition) is 10. The Morgan fingerprint density at radius 2 is 1.37 bits per heavy atom. The van der Waals surface area contributed by atoms with Crippen LogP contribution < -0.4 is 11.5 Å². The minimum atomic E-state index is -1.18. The number of nitrogens with two attached hydrogens (primary N) is 2. The largest absolute Gasteiger partial charge is 0.460 e. The van der Waals surface area contributed by atoms with E-state index in [1.807, 2.05) is 13.8 Å². The molecule has 0 aliphatic heterocycles. The van der Waals surface area contributed by atoms with Gasteiger partial charge in [0.15, 0.2) is 10.8 Å². The van der Waals surface area contributed by atoms with Gasteiger partial charge in [-0.1, -0.05) is 24.4 Å². The van der Waals surface area contributed by atoms with E-state index in [1.54, 1.807) is 33.8 Å². The fourth-order valence-corrected chi connectivity index (χ4v) is 3.19. The Bertz CT molecular complexity index is 733. The highest BCUT2D eigenvalue weighted by molar-refractivity contribution is 8.13. The Hall–Kier alpha value is -1.72. The molecule has 0 rings (SSSR count). The monoisotopic (exact) mass is 516 g/mol. The number of hydrogen-bond donors (Lipinski definition) is 2. The third-order valence-corrected chi connectivity index (χ3v) is 5.86. The Kier molecular flexibility index (Phi) is 14.0. The number of ether oxygens (including phenoxy) is 4. The number of carbonyl (C=O) groups excluding carboxylic acids is 3. The van der Waals surface area contributed by atoms with Crippen LogP contribution in [0.5, 0.6) is 0 Å². The molecule has 0 bridgehead atoms. The summed E-state index contributed by atoms with van der Waals surface area (Å²) in [7, 11) is 0. The predicted octanol–water partition coefficient (Wildman–Crippen LogP) is 3.60. The highest BCUT2D eigenvalue weighted by atomic mass is 32.2. The molecule has 0 aliphatic carbocycles. The van der Waals surface area contributed by atoms with Crippen molar-refractivity contribution in [1.82, 2.24) is 0 Å². The first-order valence-electron chi connectivity index (χ1n) is 11.6. The van der Waals surface area contributed by atoms with Crippen molar-refractivity contribution >= 4 is 28.8 Å². The van der Waals surface area contributed by atoms with E-state index in [0.29, 0.717) is 19.4 Å². The second-order valence-corrected chi connectivity index (χ2v) is 11.0. The molecule has 9 nitrogen and oxygen atoms in total. The van der Waals surface area contributed by atoms with Gasteiger partial charge >= 0.3 is 11.9 Å². The van der Waals surface area contributed by atoms with Gasteiger partial charge in [-0.25, -0.2) is 0 Å². The second kappa shape index (κ2) is 14.7. The molecule has 35 heavy (non-hydrogen) atoms. The zero-order chi connectivity index (χ0) is 27.3. The molecule has 0 aromatic carbocycles. The van der Waals surface area contributed by atoms with E-state index in [2.05, 4.69) is 13.2 Å². The molecule has 0 aromatic heterocycles. The number of esters is 2. The van der Waals surface area contributed by atoms with Gasteiger partial charge in [-0.05, 0) is 47.6 Å². The van der Waals surface area contributed by atoms with Crippen molar-refractivity contribution in [3.63, 3.8) is 0 Å². The summed E-state index contributed by atoms with van der Waals surface area (Å²) in [4.78, 5) is 36.3. The highest BCUT2D eigenvalue weighted by Gasteiger charge is 2.26. The normalized spacial score (nSPS) is 15.4. The molecule has 10 heteroatoms. The maximum absolute atomic E-state index is 12.1. The minimum Gasteiger partial charge on any atom is -0.460 e. The summed E-state index contributed by atoms with van der Waals surface area (Å²) in [5.41, 5.74) is 8.45. The Labute approximate surface area is 214 Å². The van der Waals surface area contributed by atoms with Gasteiger partial charge in [0, 0.05) is 25.0 Å². The fourth-order valence-electron chi connectivity index (χ4n) is 2.45. The van der Waals surface area contributed by atoms with Crippen LogP contribution in [0.4, 0.5) is 0 Å². The smallest absolute Gasteiger partial charge is 0.308 e. The van der Waals surface area contributed by atoms with E-state index < -0.39 is 34.6 Å². The summed E-state index contributed by atoms with van der Waals surface area (Å²) in [6.45, 7) is 18.4. The summed E-state index contributed by atoms with van der Waals surface area (Å²) in [5, 5.41) is -0.212. The van der Waals surface area contributed by atoms with E-state index in [-0.39, 0.29) is 36.7 Å². The van der Waals surface area contributed by atoms with Crippen LogP contribution in [0.3, 0.4) is 0 Å². The molecule has 0 saturated carbocycles. The van der Waals surface area contributed by atoms with Crippen molar-refractivity contribution in [2.75, 3.05) is 19.0 Å². The minimum absolute atomic E-state index is 0.00744. The number of carbonyl (C=O) groups is 3. The zero-order valence-electron chi connectivity index (χ0n) is 22.1. The molecule has 202 valence electrons. The van der Waals surface area contributed by atoms with Gasteiger partial charge in [0.25, 0.3) is 0 Å². The fraction of sp³-hybridized carbons (Fsp3) is 0.720. The SMILES string of the molecule is C=CC(C)(C)OCCC(C)(N)OC(=O)CCSC(=O)CCC(=O)OC(C)(C)CCOC(C)(N)C=C. The van der Waals surface area contributed by atoms with Gasteiger partial charge in [0.2, 0.25) is 0 Å². The van der Waals surface area contributed by atoms with Crippen molar-refractivity contribution in [3.05, 3.63) is 25.3 Å². The Morgan fingerprint density at radius 3 is 1.94 bits per heavy atom. The molecule has 0 spiro atoms. The van der Waals surface area contributed by atoms with Crippen molar-refractivity contribution in [1.29, 1.82) is 0 Å². The second-order valence-electron chi connectivity index (χ2n) is 9.88. The van der Waals surface area contributed by atoms with Crippen molar-refractivity contribution < 1.29 is 33.3 Å². The molecule has 0 fully saturated rings. The van der Waals surface area contributed by atoms with Crippen LogP contribution in [0.1, 0.15) is 73.6 Å². The van der Waals surface area contributed by atoms with Crippen molar-refractivity contribution in [2.24, 2.45) is 11.5 Å². The summed E-state index contributed by atoms with van der Waals surface area (Å²) in [6, 6.07) is 0. The van der Waals surface area contributed by atoms with E-state index in [9.17, 15) is 14.4 Å². The van der Waals surface area contributed by atoms with Gasteiger partial charge in [-0.15, -0.1) is 6.58 Å². The Balaban J connectivity index is 4.18. The molecule has 2 atom stereocenters. The van der Waals surface area contributed by atoms with Crippen molar-refractivity contribution in [2.45, 2.75) is 96.3 Å². The number of thioether (sulfide) groups is 1. The first kappa shape index (κ1) is 33.3. The molecule has 0 aliphatic rings. The van der Waals surface area contributed by atoms with E-state index in [4.69, 9.17) is 30.4 Å².